The van der Waals surface area contributed by atoms with Crippen LogP contribution in [0.3, 0.4) is 0 Å². The Balaban J connectivity index is 1.60. The lowest BCUT2D eigenvalue weighted by molar-refractivity contribution is -0.126. The standard InChI is InChI=1S/C23H16ClFN2O3/c24-18-9-5-4-8-17(18)20-19-21(30-27(20)16-6-2-1-3-7-16)23(29)26(22(19)28)15-12-10-14(25)11-13-15/h1-13,19-21H/t19-,20+,21-/m1/s1. The van der Waals surface area contributed by atoms with Crippen LogP contribution in [-0.2, 0) is 14.4 Å². The number of hydrogen-bond acceptors (Lipinski definition) is 4. The zero-order valence-electron chi connectivity index (χ0n) is 15.6. The highest BCUT2D eigenvalue weighted by molar-refractivity contribution is 6.31. The second-order valence-electron chi connectivity index (χ2n) is 7.17. The summed E-state index contributed by atoms with van der Waals surface area (Å²) in [6, 6.07) is 21.1. The number of para-hydroxylation sites is 1. The van der Waals surface area contributed by atoms with E-state index in [9.17, 15) is 14.0 Å². The van der Waals surface area contributed by atoms with Crippen LogP contribution in [0, 0.1) is 11.7 Å². The van der Waals surface area contributed by atoms with Gasteiger partial charge in [-0.25, -0.2) is 14.4 Å². The Hall–Kier alpha value is -3.22. The van der Waals surface area contributed by atoms with Crippen molar-refractivity contribution in [3.63, 3.8) is 0 Å². The fourth-order valence-corrected chi connectivity index (χ4v) is 4.34. The van der Waals surface area contributed by atoms with E-state index in [1.54, 1.807) is 17.2 Å². The normalized spacial score (nSPS) is 23.2. The summed E-state index contributed by atoms with van der Waals surface area (Å²) in [5, 5.41) is 2.07. The molecule has 2 fully saturated rings. The minimum absolute atomic E-state index is 0.313. The summed E-state index contributed by atoms with van der Waals surface area (Å²) in [6.45, 7) is 0. The molecule has 0 N–H and O–H groups in total. The van der Waals surface area contributed by atoms with Gasteiger partial charge in [0.1, 0.15) is 11.7 Å². The molecule has 7 heteroatoms. The number of carbonyl (C=O) groups excluding carboxylic acids is 2. The largest absolute Gasteiger partial charge is 0.273 e. The van der Waals surface area contributed by atoms with Crippen molar-refractivity contribution in [2.45, 2.75) is 12.1 Å². The van der Waals surface area contributed by atoms with Gasteiger partial charge in [0.05, 0.1) is 17.4 Å². The predicted molar refractivity (Wildman–Crippen MR) is 110 cm³/mol. The van der Waals surface area contributed by atoms with Crippen molar-refractivity contribution in [3.05, 3.63) is 95.3 Å². The van der Waals surface area contributed by atoms with Gasteiger partial charge in [-0.1, -0.05) is 48.0 Å². The molecule has 2 amide bonds. The maximum atomic E-state index is 13.4. The highest BCUT2D eigenvalue weighted by atomic mass is 35.5. The molecule has 0 aliphatic carbocycles. The number of rotatable bonds is 3. The van der Waals surface area contributed by atoms with Crippen LogP contribution < -0.4 is 9.96 Å². The summed E-state index contributed by atoms with van der Waals surface area (Å²) in [5.74, 6) is -2.12. The van der Waals surface area contributed by atoms with E-state index in [1.807, 2.05) is 42.5 Å². The quantitative estimate of drug-likeness (QED) is 0.582. The van der Waals surface area contributed by atoms with Gasteiger partial charge in [0.2, 0.25) is 5.91 Å². The first-order chi connectivity index (χ1) is 14.6. The molecule has 0 bridgehead atoms. The molecule has 0 spiro atoms. The van der Waals surface area contributed by atoms with E-state index in [0.29, 0.717) is 22.0 Å². The molecule has 2 heterocycles. The maximum Gasteiger partial charge on any atom is 0.266 e. The van der Waals surface area contributed by atoms with Gasteiger partial charge in [-0.15, -0.1) is 0 Å². The molecule has 30 heavy (non-hydrogen) atoms. The molecule has 5 nitrogen and oxygen atoms in total. The minimum Gasteiger partial charge on any atom is -0.273 e. The van der Waals surface area contributed by atoms with Crippen LogP contribution in [0.5, 0.6) is 0 Å². The van der Waals surface area contributed by atoms with E-state index in [0.717, 1.165) is 4.90 Å². The smallest absolute Gasteiger partial charge is 0.266 e. The molecule has 2 aliphatic heterocycles. The van der Waals surface area contributed by atoms with Crippen LogP contribution in [0.2, 0.25) is 5.02 Å². The predicted octanol–water partition coefficient (Wildman–Crippen LogP) is 4.53. The van der Waals surface area contributed by atoms with Gasteiger partial charge in [-0.2, -0.15) is 0 Å². The molecule has 3 aromatic carbocycles. The first kappa shape index (κ1) is 18.8. The second-order valence-corrected chi connectivity index (χ2v) is 7.57. The van der Waals surface area contributed by atoms with Crippen molar-refractivity contribution in [2.75, 3.05) is 9.96 Å². The molecule has 3 aromatic rings. The summed E-state index contributed by atoms with van der Waals surface area (Å²) < 4.78 is 13.3. The lowest BCUT2D eigenvalue weighted by Crippen LogP contribution is -2.37. The number of benzene rings is 3. The van der Waals surface area contributed by atoms with Crippen molar-refractivity contribution >= 4 is 34.8 Å². The van der Waals surface area contributed by atoms with E-state index in [4.69, 9.17) is 16.4 Å². The topological polar surface area (TPSA) is 49.9 Å². The van der Waals surface area contributed by atoms with Crippen LogP contribution in [0.4, 0.5) is 15.8 Å². The molecule has 0 unspecified atom stereocenters. The Morgan fingerprint density at radius 3 is 2.17 bits per heavy atom. The third-order valence-electron chi connectivity index (χ3n) is 5.43. The summed E-state index contributed by atoms with van der Waals surface area (Å²) >= 11 is 6.47. The van der Waals surface area contributed by atoms with Gasteiger partial charge >= 0.3 is 0 Å². The van der Waals surface area contributed by atoms with Gasteiger partial charge < -0.3 is 0 Å². The molecular formula is C23H16ClFN2O3. The lowest BCUT2D eigenvalue weighted by Gasteiger charge is -2.29. The average Bonchev–Trinajstić information content (AvgIpc) is 3.26. The summed E-state index contributed by atoms with van der Waals surface area (Å²) in [6.07, 6.45) is -0.996. The number of amides is 2. The van der Waals surface area contributed by atoms with Crippen molar-refractivity contribution in [2.24, 2.45) is 5.92 Å². The lowest BCUT2D eigenvalue weighted by atomic mass is 9.90. The molecule has 150 valence electrons. The molecule has 5 rings (SSSR count). The van der Waals surface area contributed by atoms with Crippen LogP contribution in [-0.4, -0.2) is 17.9 Å². The SMILES string of the molecule is O=C1[C@H]2[C@@H](ON(c3ccccc3)[C@H]2c2ccccc2Cl)C(=O)N1c1ccc(F)cc1. The van der Waals surface area contributed by atoms with E-state index >= 15 is 0 Å². The Morgan fingerprint density at radius 1 is 0.800 bits per heavy atom. The number of hydroxylamine groups is 1. The average molecular weight is 423 g/mol. The van der Waals surface area contributed by atoms with Crippen LogP contribution in [0.1, 0.15) is 11.6 Å². The number of nitrogens with zero attached hydrogens (tertiary/aromatic N) is 2. The molecule has 3 atom stereocenters. The molecular weight excluding hydrogens is 407 g/mol. The number of halogens is 2. The zero-order valence-corrected chi connectivity index (χ0v) is 16.4. The van der Waals surface area contributed by atoms with Gasteiger partial charge in [0.25, 0.3) is 5.91 Å². The Morgan fingerprint density at radius 2 is 1.47 bits per heavy atom. The first-order valence-electron chi connectivity index (χ1n) is 9.45. The van der Waals surface area contributed by atoms with Gasteiger partial charge in [0.15, 0.2) is 6.10 Å². The van der Waals surface area contributed by atoms with Gasteiger partial charge in [0, 0.05) is 5.02 Å². The third-order valence-corrected chi connectivity index (χ3v) is 5.78. The summed E-state index contributed by atoms with van der Waals surface area (Å²) in [7, 11) is 0. The zero-order chi connectivity index (χ0) is 20.8. The van der Waals surface area contributed by atoms with E-state index in [2.05, 4.69) is 0 Å². The fraction of sp³-hybridized carbons (Fsp3) is 0.130. The molecule has 0 aromatic heterocycles. The summed E-state index contributed by atoms with van der Waals surface area (Å²) in [4.78, 5) is 33.7. The Labute approximate surface area is 177 Å². The fourth-order valence-electron chi connectivity index (χ4n) is 4.09. The minimum atomic E-state index is -0.996. The van der Waals surface area contributed by atoms with Crippen molar-refractivity contribution in [3.8, 4) is 0 Å². The third kappa shape index (κ3) is 2.88. The number of imide groups is 1. The molecule has 2 aliphatic rings. The summed E-state index contributed by atoms with van der Waals surface area (Å²) in [5.41, 5.74) is 1.72. The number of fused-ring (bicyclic) bond motifs is 1. The van der Waals surface area contributed by atoms with E-state index in [1.165, 1.54) is 24.3 Å². The van der Waals surface area contributed by atoms with Crippen LogP contribution >= 0.6 is 11.6 Å². The molecule has 2 saturated heterocycles. The first-order valence-corrected chi connectivity index (χ1v) is 9.83. The van der Waals surface area contributed by atoms with Crippen LogP contribution in [0.15, 0.2) is 78.9 Å². The highest BCUT2D eigenvalue weighted by Crippen LogP contribution is 2.48. The van der Waals surface area contributed by atoms with Gasteiger partial charge in [-0.3, -0.25) is 14.4 Å². The van der Waals surface area contributed by atoms with Crippen molar-refractivity contribution in [1.29, 1.82) is 0 Å². The molecule has 0 saturated carbocycles. The Bertz CT molecular complexity index is 1120. The second kappa shape index (κ2) is 7.23. The number of carbonyl (C=O) groups is 2. The number of anilines is 2. The maximum absolute atomic E-state index is 13.4. The van der Waals surface area contributed by atoms with Crippen molar-refractivity contribution in [1.82, 2.24) is 0 Å². The number of hydrogen-bond donors (Lipinski definition) is 0. The van der Waals surface area contributed by atoms with E-state index in [-0.39, 0.29) is 0 Å². The van der Waals surface area contributed by atoms with Crippen molar-refractivity contribution < 1.29 is 18.8 Å². The van der Waals surface area contributed by atoms with E-state index < -0.39 is 35.7 Å². The highest BCUT2D eigenvalue weighted by Gasteiger charge is 2.60. The van der Waals surface area contributed by atoms with Crippen LogP contribution in [0.25, 0.3) is 0 Å². The Kier molecular flexibility index (Phi) is 4.53. The van der Waals surface area contributed by atoms with Gasteiger partial charge in [-0.05, 0) is 48.0 Å². The monoisotopic (exact) mass is 422 g/mol. The molecule has 0 radical (unpaired) electrons.